The van der Waals surface area contributed by atoms with Gasteiger partial charge in [-0.15, -0.1) is 0 Å². The van der Waals surface area contributed by atoms with Gasteiger partial charge < -0.3 is 0 Å². The molecule has 0 radical (unpaired) electrons. The Morgan fingerprint density at radius 3 is 2.62 bits per heavy atom. The number of rotatable bonds is 4. The minimum atomic E-state index is -3.66. The van der Waals surface area contributed by atoms with E-state index in [4.69, 9.17) is 0 Å². The first-order valence-electron chi connectivity index (χ1n) is 4.11. The molecular weight excluding hydrogens is 365 g/mol. The minimum Gasteiger partial charge on any atom is -0.207 e. The monoisotopic (exact) mass is 371 g/mol. The number of halogens is 3. The third-order valence-corrected chi connectivity index (χ3v) is 4.30. The molecular formula is C9H8Br2FNO2S. The van der Waals surface area contributed by atoms with E-state index in [1.807, 2.05) is 0 Å². The first-order chi connectivity index (χ1) is 7.33. The van der Waals surface area contributed by atoms with Crippen LogP contribution < -0.4 is 4.72 Å². The van der Waals surface area contributed by atoms with Crippen molar-refractivity contribution in [1.82, 2.24) is 4.72 Å². The first kappa shape index (κ1) is 13.8. The van der Waals surface area contributed by atoms with Crippen molar-refractivity contribution < 1.29 is 12.8 Å². The van der Waals surface area contributed by atoms with Crippen molar-refractivity contribution >= 4 is 41.9 Å². The van der Waals surface area contributed by atoms with Crippen LogP contribution in [-0.2, 0) is 10.0 Å². The van der Waals surface area contributed by atoms with Gasteiger partial charge in [0, 0.05) is 15.5 Å². The van der Waals surface area contributed by atoms with E-state index in [0.29, 0.717) is 4.48 Å². The molecule has 0 aliphatic carbocycles. The summed E-state index contributed by atoms with van der Waals surface area (Å²) in [4.78, 5) is -0.0114. The molecule has 1 aromatic rings. The predicted molar refractivity (Wildman–Crippen MR) is 67.4 cm³/mol. The summed E-state index contributed by atoms with van der Waals surface area (Å²) in [5.41, 5.74) is 0. The maximum atomic E-state index is 12.8. The summed E-state index contributed by atoms with van der Waals surface area (Å²) in [5, 5.41) is 0. The van der Waals surface area contributed by atoms with Gasteiger partial charge in [-0.1, -0.05) is 22.5 Å². The van der Waals surface area contributed by atoms with Gasteiger partial charge in [0.15, 0.2) is 0 Å². The summed E-state index contributed by atoms with van der Waals surface area (Å²) < 4.78 is 39.3. The molecule has 7 heteroatoms. The zero-order valence-electron chi connectivity index (χ0n) is 8.00. The second kappa shape index (κ2) is 5.39. The van der Waals surface area contributed by atoms with Crippen LogP contribution in [0.2, 0.25) is 0 Å². The smallest absolute Gasteiger partial charge is 0.207 e. The molecule has 88 valence electrons. The molecule has 0 unspecified atom stereocenters. The third-order valence-electron chi connectivity index (χ3n) is 1.64. The lowest BCUT2D eigenvalue weighted by atomic mass is 10.3. The summed E-state index contributed by atoms with van der Waals surface area (Å²) in [6.45, 7) is 3.58. The number of nitrogens with one attached hydrogen (secondary N) is 1. The van der Waals surface area contributed by atoms with E-state index in [1.165, 1.54) is 6.07 Å². The molecule has 0 aliphatic rings. The Balaban J connectivity index is 3.03. The SMILES string of the molecule is C=C(Br)CNS(=O)(=O)c1ccc(F)cc1Br. The maximum Gasteiger partial charge on any atom is 0.242 e. The van der Waals surface area contributed by atoms with Gasteiger partial charge in [-0.05, 0) is 34.1 Å². The Kier molecular flexibility index (Phi) is 4.66. The Morgan fingerprint density at radius 2 is 2.12 bits per heavy atom. The summed E-state index contributed by atoms with van der Waals surface area (Å²) in [6.07, 6.45) is 0. The molecule has 3 nitrogen and oxygen atoms in total. The molecule has 0 bridgehead atoms. The van der Waals surface area contributed by atoms with E-state index in [9.17, 15) is 12.8 Å². The van der Waals surface area contributed by atoms with Crippen molar-refractivity contribution in [2.75, 3.05) is 6.54 Å². The topological polar surface area (TPSA) is 46.2 Å². The molecule has 0 heterocycles. The Labute approximate surface area is 110 Å². The normalized spacial score (nSPS) is 11.4. The van der Waals surface area contributed by atoms with Crippen LogP contribution in [-0.4, -0.2) is 15.0 Å². The molecule has 0 aromatic heterocycles. The van der Waals surface area contributed by atoms with Gasteiger partial charge in [0.05, 0.1) is 4.90 Å². The van der Waals surface area contributed by atoms with Crippen LogP contribution in [0, 0.1) is 5.82 Å². The average molecular weight is 373 g/mol. The summed E-state index contributed by atoms with van der Waals surface area (Å²) in [5.74, 6) is -0.504. The molecule has 1 rings (SSSR count). The van der Waals surface area contributed by atoms with E-state index >= 15 is 0 Å². The van der Waals surface area contributed by atoms with Crippen LogP contribution in [0.5, 0.6) is 0 Å². The number of hydrogen-bond acceptors (Lipinski definition) is 2. The molecule has 0 aliphatic heterocycles. The molecule has 0 saturated carbocycles. The van der Waals surface area contributed by atoms with Crippen molar-refractivity contribution in [1.29, 1.82) is 0 Å². The van der Waals surface area contributed by atoms with Gasteiger partial charge >= 0.3 is 0 Å². The third kappa shape index (κ3) is 3.65. The molecule has 1 aromatic carbocycles. The molecule has 0 spiro atoms. The standard InChI is InChI=1S/C9H8Br2FNO2S/c1-6(10)5-13-16(14,15)9-3-2-7(12)4-8(9)11/h2-4,13H,1,5H2. The highest BCUT2D eigenvalue weighted by Gasteiger charge is 2.17. The van der Waals surface area contributed by atoms with Crippen LogP contribution >= 0.6 is 31.9 Å². The van der Waals surface area contributed by atoms with Crippen molar-refractivity contribution in [2.24, 2.45) is 0 Å². The van der Waals surface area contributed by atoms with E-state index < -0.39 is 15.8 Å². The highest BCUT2D eigenvalue weighted by molar-refractivity contribution is 9.11. The molecule has 1 N–H and O–H groups in total. The van der Waals surface area contributed by atoms with Crippen molar-refractivity contribution in [2.45, 2.75) is 4.90 Å². The largest absolute Gasteiger partial charge is 0.242 e. The molecule has 0 saturated heterocycles. The van der Waals surface area contributed by atoms with E-state index in [2.05, 4.69) is 43.2 Å². The zero-order chi connectivity index (χ0) is 12.3. The van der Waals surface area contributed by atoms with Crippen LogP contribution in [0.4, 0.5) is 4.39 Å². The van der Waals surface area contributed by atoms with Gasteiger partial charge in [-0.3, -0.25) is 0 Å². The van der Waals surface area contributed by atoms with Crippen molar-refractivity contribution in [3.05, 3.63) is 39.6 Å². The van der Waals surface area contributed by atoms with E-state index in [-0.39, 0.29) is 15.9 Å². The maximum absolute atomic E-state index is 12.8. The lowest BCUT2D eigenvalue weighted by Gasteiger charge is -2.07. The summed E-state index contributed by atoms with van der Waals surface area (Å²) >= 11 is 6.03. The molecule has 0 atom stereocenters. The molecule has 16 heavy (non-hydrogen) atoms. The van der Waals surface area contributed by atoms with Crippen LogP contribution in [0.1, 0.15) is 0 Å². The number of benzene rings is 1. The lowest BCUT2D eigenvalue weighted by Crippen LogP contribution is -2.25. The Bertz CT molecular complexity index is 516. The van der Waals surface area contributed by atoms with E-state index in [0.717, 1.165) is 12.1 Å². The highest BCUT2D eigenvalue weighted by Crippen LogP contribution is 2.22. The predicted octanol–water partition coefficient (Wildman–Crippen LogP) is 2.78. The summed E-state index contributed by atoms with van der Waals surface area (Å²) in [7, 11) is -3.66. The fourth-order valence-corrected chi connectivity index (χ4v) is 3.34. The number of sulfonamides is 1. The van der Waals surface area contributed by atoms with Crippen molar-refractivity contribution in [3.63, 3.8) is 0 Å². The van der Waals surface area contributed by atoms with E-state index in [1.54, 1.807) is 0 Å². The quantitative estimate of drug-likeness (QED) is 0.883. The lowest BCUT2D eigenvalue weighted by molar-refractivity contribution is 0.583. The fourth-order valence-electron chi connectivity index (χ4n) is 0.944. The second-order valence-corrected chi connectivity index (χ2v) is 6.63. The van der Waals surface area contributed by atoms with Crippen LogP contribution in [0.3, 0.4) is 0 Å². The fraction of sp³-hybridized carbons (Fsp3) is 0.111. The molecule has 0 amide bonds. The van der Waals surface area contributed by atoms with Gasteiger partial charge in [-0.25, -0.2) is 17.5 Å². The zero-order valence-corrected chi connectivity index (χ0v) is 12.0. The first-order valence-corrected chi connectivity index (χ1v) is 7.18. The van der Waals surface area contributed by atoms with Gasteiger partial charge in [0.2, 0.25) is 10.0 Å². The Hall–Kier alpha value is -0.240. The van der Waals surface area contributed by atoms with Crippen LogP contribution in [0.25, 0.3) is 0 Å². The van der Waals surface area contributed by atoms with Gasteiger partial charge in [-0.2, -0.15) is 0 Å². The average Bonchev–Trinajstić information content (AvgIpc) is 2.14. The highest BCUT2D eigenvalue weighted by atomic mass is 79.9. The van der Waals surface area contributed by atoms with Crippen molar-refractivity contribution in [3.8, 4) is 0 Å². The second-order valence-electron chi connectivity index (χ2n) is 2.92. The van der Waals surface area contributed by atoms with Gasteiger partial charge in [0.1, 0.15) is 5.82 Å². The number of hydrogen-bond donors (Lipinski definition) is 1. The van der Waals surface area contributed by atoms with Gasteiger partial charge in [0.25, 0.3) is 0 Å². The van der Waals surface area contributed by atoms with Crippen LogP contribution in [0.15, 0.2) is 38.6 Å². The minimum absolute atomic E-state index is 0.0114. The Morgan fingerprint density at radius 1 is 1.50 bits per heavy atom. The summed E-state index contributed by atoms with van der Waals surface area (Å²) in [6, 6.07) is 3.37. The molecule has 0 fully saturated rings.